The summed E-state index contributed by atoms with van der Waals surface area (Å²) < 4.78 is -2.03. The molecule has 2 aromatic rings. The quantitative estimate of drug-likeness (QED) is 0.543. The number of nitrogens with one attached hydrogen (secondary N) is 2. The number of Topliss-reactive ketones (excluding diaryl/α,β-unsaturated/α-hetero) is 2. The second kappa shape index (κ2) is 11.2. The van der Waals surface area contributed by atoms with Gasteiger partial charge in [0.25, 0.3) is 10.2 Å². The van der Waals surface area contributed by atoms with Crippen molar-refractivity contribution in [2.45, 2.75) is 24.6 Å². The molecule has 0 aliphatic heterocycles. The van der Waals surface area contributed by atoms with E-state index in [-0.39, 0.29) is 18.1 Å². The lowest BCUT2D eigenvalue weighted by Gasteiger charge is -2.15. The highest BCUT2D eigenvalue weighted by Crippen LogP contribution is 2.24. The van der Waals surface area contributed by atoms with Crippen LogP contribution in [0.1, 0.15) is 20.3 Å². The summed E-state index contributed by atoms with van der Waals surface area (Å²) in [5.74, 6) is -1.75. The first-order valence-corrected chi connectivity index (χ1v) is 8.98. The van der Waals surface area contributed by atoms with Crippen LogP contribution in [0.4, 0.5) is 11.4 Å². The minimum absolute atomic E-state index is 0.0606. The highest BCUT2D eigenvalue weighted by atomic mass is 35.5. The van der Waals surface area contributed by atoms with E-state index in [1.165, 1.54) is 6.92 Å². The van der Waals surface area contributed by atoms with Gasteiger partial charge in [0.15, 0.2) is 5.78 Å². The standard InChI is InChI=1S/C10H9Cl2NO2.C10H11NO2/c1-7(14)10(11,12)9(15)13-8-5-3-2-4-6-8;1-8(12)7-10(13)11-9-5-3-2-4-6-9/h2-6H,1H3,(H,13,15);2-6H,7H2,1H3,(H,11,13). The van der Waals surface area contributed by atoms with Crippen LogP contribution in [0.5, 0.6) is 0 Å². The van der Waals surface area contributed by atoms with Crippen molar-refractivity contribution >= 4 is 58.0 Å². The number of amides is 2. The fourth-order valence-corrected chi connectivity index (χ4v) is 1.94. The average Bonchev–Trinajstić information content (AvgIpc) is 2.63. The monoisotopic (exact) mass is 422 g/mol. The Morgan fingerprint density at radius 2 is 1.21 bits per heavy atom. The van der Waals surface area contributed by atoms with E-state index in [0.29, 0.717) is 11.4 Å². The van der Waals surface area contributed by atoms with Crippen LogP contribution in [-0.2, 0) is 19.2 Å². The van der Waals surface area contributed by atoms with E-state index in [0.717, 1.165) is 6.92 Å². The minimum atomic E-state index is -2.03. The highest BCUT2D eigenvalue weighted by molar-refractivity contribution is 6.68. The average molecular weight is 423 g/mol. The van der Waals surface area contributed by atoms with Crippen LogP contribution in [0.25, 0.3) is 0 Å². The first-order chi connectivity index (χ1) is 13.1. The second-order valence-electron chi connectivity index (χ2n) is 5.74. The molecular formula is C20H20Cl2N2O4. The zero-order valence-corrected chi connectivity index (χ0v) is 16.9. The lowest BCUT2D eigenvalue weighted by atomic mass is 10.2. The van der Waals surface area contributed by atoms with Crippen LogP contribution >= 0.6 is 23.2 Å². The minimum Gasteiger partial charge on any atom is -0.326 e. The fourth-order valence-electron chi connectivity index (χ4n) is 1.84. The van der Waals surface area contributed by atoms with Gasteiger partial charge in [0, 0.05) is 11.4 Å². The number of carbonyl (C=O) groups excluding carboxylic acids is 4. The van der Waals surface area contributed by atoms with E-state index in [1.807, 2.05) is 18.2 Å². The molecule has 2 aromatic carbocycles. The first-order valence-electron chi connectivity index (χ1n) is 8.22. The van der Waals surface area contributed by atoms with Gasteiger partial charge < -0.3 is 10.6 Å². The van der Waals surface area contributed by atoms with E-state index < -0.39 is 16.0 Å². The van der Waals surface area contributed by atoms with Gasteiger partial charge in [0.1, 0.15) is 5.78 Å². The Balaban J connectivity index is 0.000000283. The van der Waals surface area contributed by atoms with Gasteiger partial charge in [-0.3, -0.25) is 19.2 Å². The molecule has 0 heterocycles. The number of hydrogen-bond donors (Lipinski definition) is 2. The van der Waals surface area contributed by atoms with Crippen LogP contribution in [0.2, 0.25) is 0 Å². The van der Waals surface area contributed by atoms with Gasteiger partial charge in [-0.05, 0) is 38.1 Å². The molecule has 28 heavy (non-hydrogen) atoms. The third-order valence-corrected chi connectivity index (χ3v) is 4.10. The van der Waals surface area contributed by atoms with E-state index in [1.54, 1.807) is 42.5 Å². The van der Waals surface area contributed by atoms with Crippen molar-refractivity contribution in [2.75, 3.05) is 10.6 Å². The summed E-state index contributed by atoms with van der Waals surface area (Å²) >= 11 is 11.2. The van der Waals surface area contributed by atoms with Crippen molar-refractivity contribution in [1.29, 1.82) is 0 Å². The summed E-state index contributed by atoms with van der Waals surface area (Å²) in [6, 6.07) is 17.7. The van der Waals surface area contributed by atoms with E-state index in [2.05, 4.69) is 10.6 Å². The van der Waals surface area contributed by atoms with Gasteiger partial charge in [-0.25, -0.2) is 0 Å². The molecule has 148 valence electrons. The molecular weight excluding hydrogens is 403 g/mol. The van der Waals surface area contributed by atoms with Crippen LogP contribution in [-0.4, -0.2) is 27.7 Å². The van der Waals surface area contributed by atoms with Crippen LogP contribution in [0.3, 0.4) is 0 Å². The molecule has 0 fully saturated rings. The van der Waals surface area contributed by atoms with Gasteiger partial charge in [-0.2, -0.15) is 0 Å². The van der Waals surface area contributed by atoms with Gasteiger partial charge >= 0.3 is 0 Å². The number of anilines is 2. The molecule has 2 rings (SSSR count). The van der Waals surface area contributed by atoms with Crippen molar-refractivity contribution in [1.82, 2.24) is 0 Å². The lowest BCUT2D eigenvalue weighted by molar-refractivity contribution is -0.126. The third kappa shape index (κ3) is 8.33. The molecule has 2 amide bonds. The number of ketones is 2. The third-order valence-electron chi connectivity index (χ3n) is 3.23. The predicted molar refractivity (Wildman–Crippen MR) is 111 cm³/mol. The molecule has 0 aliphatic carbocycles. The van der Waals surface area contributed by atoms with E-state index in [9.17, 15) is 19.2 Å². The molecule has 0 saturated heterocycles. The molecule has 0 aromatic heterocycles. The summed E-state index contributed by atoms with van der Waals surface area (Å²) in [6.07, 6.45) is -0.0606. The van der Waals surface area contributed by atoms with Gasteiger partial charge in [0.2, 0.25) is 5.91 Å². The summed E-state index contributed by atoms with van der Waals surface area (Å²) in [7, 11) is 0. The Bertz CT molecular complexity index is 825. The highest BCUT2D eigenvalue weighted by Gasteiger charge is 2.39. The van der Waals surface area contributed by atoms with Crippen molar-refractivity contribution in [3.05, 3.63) is 60.7 Å². The summed E-state index contributed by atoms with van der Waals surface area (Å²) in [6.45, 7) is 2.55. The summed E-state index contributed by atoms with van der Waals surface area (Å²) in [4.78, 5) is 44.1. The largest absolute Gasteiger partial charge is 0.326 e. The molecule has 8 heteroatoms. The van der Waals surface area contributed by atoms with Crippen LogP contribution < -0.4 is 10.6 Å². The van der Waals surface area contributed by atoms with Crippen molar-refractivity contribution in [3.63, 3.8) is 0 Å². The molecule has 0 spiro atoms. The fraction of sp³-hybridized carbons (Fsp3) is 0.200. The first kappa shape index (κ1) is 23.3. The zero-order chi connectivity index (χ0) is 21.2. The Labute approximate surface area is 173 Å². The maximum atomic E-state index is 11.5. The molecule has 0 aliphatic rings. The Kier molecular flexibility index (Phi) is 9.35. The second-order valence-corrected chi connectivity index (χ2v) is 7.07. The molecule has 0 bridgehead atoms. The topological polar surface area (TPSA) is 92.3 Å². The Hall–Kier alpha value is -2.70. The molecule has 0 saturated carbocycles. The lowest BCUT2D eigenvalue weighted by Crippen LogP contribution is -2.38. The number of carbonyl (C=O) groups is 4. The molecule has 2 N–H and O–H groups in total. The number of benzene rings is 2. The smallest absolute Gasteiger partial charge is 0.268 e. The number of hydrogen-bond acceptors (Lipinski definition) is 4. The van der Waals surface area contributed by atoms with Crippen LogP contribution in [0, 0.1) is 0 Å². The number of halogens is 2. The maximum absolute atomic E-state index is 11.5. The molecule has 0 atom stereocenters. The number of alkyl halides is 2. The summed E-state index contributed by atoms with van der Waals surface area (Å²) in [5, 5.41) is 5.05. The van der Waals surface area contributed by atoms with E-state index >= 15 is 0 Å². The van der Waals surface area contributed by atoms with Crippen molar-refractivity contribution < 1.29 is 19.2 Å². The predicted octanol–water partition coefficient (Wildman–Crippen LogP) is 3.99. The SMILES string of the molecule is CC(=O)C(Cl)(Cl)C(=O)Nc1ccccc1.CC(=O)CC(=O)Nc1ccccc1. The van der Waals surface area contributed by atoms with Gasteiger partial charge in [-0.15, -0.1) is 0 Å². The maximum Gasteiger partial charge on any atom is 0.268 e. The Morgan fingerprint density at radius 3 is 1.61 bits per heavy atom. The van der Waals surface area contributed by atoms with Gasteiger partial charge in [-0.1, -0.05) is 59.6 Å². The van der Waals surface area contributed by atoms with Crippen molar-refractivity contribution in [3.8, 4) is 0 Å². The summed E-state index contributed by atoms with van der Waals surface area (Å²) in [5.41, 5.74) is 1.25. The van der Waals surface area contributed by atoms with Crippen molar-refractivity contribution in [2.24, 2.45) is 0 Å². The molecule has 6 nitrogen and oxygen atoms in total. The van der Waals surface area contributed by atoms with E-state index in [4.69, 9.17) is 23.2 Å². The van der Waals surface area contributed by atoms with Crippen LogP contribution in [0.15, 0.2) is 60.7 Å². The number of rotatable bonds is 6. The molecule has 0 unspecified atom stereocenters. The van der Waals surface area contributed by atoms with Gasteiger partial charge in [0.05, 0.1) is 6.42 Å². The normalized spacial score (nSPS) is 10.1. The molecule has 0 radical (unpaired) electrons. The Morgan fingerprint density at radius 1 is 0.786 bits per heavy atom. The zero-order valence-electron chi connectivity index (χ0n) is 15.4. The number of para-hydroxylation sites is 2.